The molecule has 0 unspecified atom stereocenters. The van der Waals surface area contributed by atoms with Crippen molar-refractivity contribution in [1.82, 2.24) is 10.0 Å². The van der Waals surface area contributed by atoms with Crippen LogP contribution in [0.25, 0.3) is 0 Å². The lowest BCUT2D eigenvalue weighted by Gasteiger charge is -2.25. The van der Waals surface area contributed by atoms with Gasteiger partial charge in [-0.15, -0.1) is 0 Å². The van der Waals surface area contributed by atoms with E-state index in [1.165, 1.54) is 0 Å². The topological polar surface area (TPSA) is 67.4 Å². The van der Waals surface area contributed by atoms with E-state index in [2.05, 4.69) is 10.0 Å². The minimum Gasteiger partial charge on any atom is -0.383 e. The van der Waals surface area contributed by atoms with Crippen LogP contribution in [0, 0.1) is 6.92 Å². The predicted octanol–water partition coefficient (Wildman–Crippen LogP) is 1.81. The average Bonchev–Trinajstić information content (AvgIpc) is 2.36. The minimum absolute atomic E-state index is 0.283. The van der Waals surface area contributed by atoms with E-state index in [9.17, 15) is 8.42 Å². The normalized spacial score (nSPS) is 12.6. The van der Waals surface area contributed by atoms with Crippen LogP contribution in [0.15, 0.2) is 23.1 Å². The van der Waals surface area contributed by atoms with Gasteiger partial charge in [0.2, 0.25) is 10.0 Å². The Kier molecular flexibility index (Phi) is 6.34. The van der Waals surface area contributed by atoms with Crippen LogP contribution in [0.1, 0.15) is 31.9 Å². The van der Waals surface area contributed by atoms with E-state index in [1.54, 1.807) is 33.1 Å². The van der Waals surface area contributed by atoms with Crippen LogP contribution >= 0.6 is 0 Å². The minimum atomic E-state index is -3.56. The molecule has 5 nitrogen and oxygen atoms in total. The van der Waals surface area contributed by atoms with Gasteiger partial charge < -0.3 is 10.1 Å². The number of ether oxygens (including phenoxy) is 1. The second-order valence-electron chi connectivity index (χ2n) is 5.79. The molecule has 1 aromatic rings. The van der Waals surface area contributed by atoms with E-state index >= 15 is 0 Å². The fourth-order valence-corrected chi connectivity index (χ4v) is 3.53. The Morgan fingerprint density at radius 2 is 1.95 bits per heavy atom. The van der Waals surface area contributed by atoms with Gasteiger partial charge in [-0.05, 0) is 50.6 Å². The summed E-state index contributed by atoms with van der Waals surface area (Å²) in [6.07, 6.45) is 0. The van der Waals surface area contributed by atoms with Crippen molar-refractivity contribution in [2.75, 3.05) is 20.3 Å². The lowest BCUT2D eigenvalue weighted by molar-refractivity contribution is 0.141. The Labute approximate surface area is 128 Å². The van der Waals surface area contributed by atoms with Gasteiger partial charge in [-0.1, -0.05) is 13.0 Å². The van der Waals surface area contributed by atoms with Gasteiger partial charge in [0, 0.05) is 13.7 Å². The number of methoxy groups -OCH3 is 1. The maximum atomic E-state index is 12.5. The number of benzene rings is 1. The summed E-state index contributed by atoms with van der Waals surface area (Å²) >= 11 is 0. The molecular weight excluding hydrogens is 288 g/mol. The molecule has 0 saturated carbocycles. The zero-order valence-electron chi connectivity index (χ0n) is 13.5. The SMILES string of the molecule is CCNCc1cc(S(=O)(=O)NC(C)(C)COC)ccc1C. The number of aryl methyl sites for hydroxylation is 1. The molecule has 0 aliphatic heterocycles. The molecule has 0 aliphatic carbocycles. The van der Waals surface area contributed by atoms with Crippen LogP contribution in [-0.4, -0.2) is 34.2 Å². The lowest BCUT2D eigenvalue weighted by atomic mass is 10.1. The third-order valence-electron chi connectivity index (χ3n) is 3.11. The van der Waals surface area contributed by atoms with Gasteiger partial charge in [-0.25, -0.2) is 13.1 Å². The standard InChI is InChI=1S/C15H26N2O3S/c1-6-16-10-13-9-14(8-7-12(13)2)21(18,19)17-15(3,4)11-20-5/h7-9,16-17H,6,10-11H2,1-5H3. The maximum absolute atomic E-state index is 12.5. The lowest BCUT2D eigenvalue weighted by Crippen LogP contribution is -2.46. The summed E-state index contributed by atoms with van der Waals surface area (Å²) in [4.78, 5) is 0.283. The molecule has 120 valence electrons. The summed E-state index contributed by atoms with van der Waals surface area (Å²) in [5.74, 6) is 0. The van der Waals surface area contributed by atoms with Crippen molar-refractivity contribution in [2.45, 2.75) is 44.7 Å². The molecule has 0 spiro atoms. The van der Waals surface area contributed by atoms with Crippen molar-refractivity contribution in [3.05, 3.63) is 29.3 Å². The van der Waals surface area contributed by atoms with Crippen molar-refractivity contribution in [1.29, 1.82) is 0 Å². The quantitative estimate of drug-likeness (QED) is 0.768. The molecule has 1 aromatic carbocycles. The van der Waals surface area contributed by atoms with Crippen LogP contribution < -0.4 is 10.0 Å². The summed E-state index contributed by atoms with van der Waals surface area (Å²) in [5, 5.41) is 3.22. The Morgan fingerprint density at radius 1 is 1.29 bits per heavy atom. The molecule has 0 heterocycles. The van der Waals surface area contributed by atoms with Gasteiger partial charge in [0.15, 0.2) is 0 Å². The highest BCUT2D eigenvalue weighted by atomic mass is 32.2. The summed E-state index contributed by atoms with van der Waals surface area (Å²) < 4.78 is 32.7. The molecule has 6 heteroatoms. The van der Waals surface area contributed by atoms with E-state index in [1.807, 2.05) is 19.9 Å². The van der Waals surface area contributed by atoms with Crippen molar-refractivity contribution in [3.63, 3.8) is 0 Å². The molecular formula is C15H26N2O3S. The number of rotatable bonds is 8. The summed E-state index contributed by atoms with van der Waals surface area (Å²) in [7, 11) is -2.01. The smallest absolute Gasteiger partial charge is 0.241 e. The predicted molar refractivity (Wildman–Crippen MR) is 84.8 cm³/mol. The molecule has 0 bridgehead atoms. The molecule has 0 saturated heterocycles. The fraction of sp³-hybridized carbons (Fsp3) is 0.600. The zero-order valence-corrected chi connectivity index (χ0v) is 14.3. The van der Waals surface area contributed by atoms with Gasteiger partial charge >= 0.3 is 0 Å². The van der Waals surface area contributed by atoms with E-state index < -0.39 is 15.6 Å². The highest BCUT2D eigenvalue weighted by Gasteiger charge is 2.26. The Morgan fingerprint density at radius 3 is 2.52 bits per heavy atom. The van der Waals surface area contributed by atoms with Gasteiger partial charge in [-0.3, -0.25) is 0 Å². The highest BCUT2D eigenvalue weighted by Crippen LogP contribution is 2.18. The second-order valence-corrected chi connectivity index (χ2v) is 7.47. The molecule has 0 aromatic heterocycles. The van der Waals surface area contributed by atoms with Crippen LogP contribution in [0.2, 0.25) is 0 Å². The zero-order chi connectivity index (χ0) is 16.1. The van der Waals surface area contributed by atoms with E-state index in [-0.39, 0.29) is 4.90 Å². The molecule has 1 rings (SSSR count). The van der Waals surface area contributed by atoms with Crippen molar-refractivity contribution in [2.24, 2.45) is 0 Å². The number of hydrogen-bond acceptors (Lipinski definition) is 4. The summed E-state index contributed by atoms with van der Waals surface area (Å²) in [6, 6.07) is 5.20. The van der Waals surface area contributed by atoms with Crippen LogP contribution in [0.4, 0.5) is 0 Å². The number of nitrogens with one attached hydrogen (secondary N) is 2. The average molecular weight is 314 g/mol. The van der Waals surface area contributed by atoms with E-state index in [0.717, 1.165) is 17.7 Å². The second kappa shape index (κ2) is 7.35. The third kappa shape index (κ3) is 5.39. The first kappa shape index (κ1) is 18.1. The highest BCUT2D eigenvalue weighted by molar-refractivity contribution is 7.89. The largest absolute Gasteiger partial charge is 0.383 e. The Balaban J connectivity index is 3.03. The molecule has 0 atom stereocenters. The number of sulfonamides is 1. The number of hydrogen-bond donors (Lipinski definition) is 2. The van der Waals surface area contributed by atoms with E-state index in [4.69, 9.17) is 4.74 Å². The molecule has 0 aliphatic rings. The van der Waals surface area contributed by atoms with Gasteiger partial charge in [0.1, 0.15) is 0 Å². The fourth-order valence-electron chi connectivity index (χ4n) is 2.08. The monoisotopic (exact) mass is 314 g/mol. The van der Waals surface area contributed by atoms with Crippen molar-refractivity contribution in [3.8, 4) is 0 Å². The molecule has 0 radical (unpaired) electrons. The van der Waals surface area contributed by atoms with E-state index in [0.29, 0.717) is 13.2 Å². The van der Waals surface area contributed by atoms with Crippen LogP contribution in [-0.2, 0) is 21.3 Å². The summed E-state index contributed by atoms with van der Waals surface area (Å²) in [6.45, 7) is 9.39. The first-order valence-electron chi connectivity index (χ1n) is 7.05. The van der Waals surface area contributed by atoms with Crippen LogP contribution in [0.3, 0.4) is 0 Å². The maximum Gasteiger partial charge on any atom is 0.241 e. The molecule has 21 heavy (non-hydrogen) atoms. The van der Waals surface area contributed by atoms with Crippen molar-refractivity contribution >= 4 is 10.0 Å². The Hall–Kier alpha value is -0.950. The first-order chi connectivity index (χ1) is 9.72. The Bertz CT molecular complexity index is 568. The van der Waals surface area contributed by atoms with Crippen LogP contribution in [0.5, 0.6) is 0 Å². The molecule has 0 fully saturated rings. The first-order valence-corrected chi connectivity index (χ1v) is 8.53. The molecule has 0 amide bonds. The van der Waals surface area contributed by atoms with Gasteiger partial charge in [0.05, 0.1) is 17.0 Å². The summed E-state index contributed by atoms with van der Waals surface area (Å²) in [5.41, 5.74) is 1.41. The van der Waals surface area contributed by atoms with Gasteiger partial charge in [-0.2, -0.15) is 0 Å². The van der Waals surface area contributed by atoms with Gasteiger partial charge in [0.25, 0.3) is 0 Å². The van der Waals surface area contributed by atoms with Crippen molar-refractivity contribution < 1.29 is 13.2 Å². The third-order valence-corrected chi connectivity index (χ3v) is 4.81. The molecule has 2 N–H and O–H groups in total.